The molecular weight excluding hydrogens is 347 g/mol. The van der Waals surface area contributed by atoms with Gasteiger partial charge in [-0.2, -0.15) is 18.4 Å². The van der Waals surface area contributed by atoms with E-state index in [-0.39, 0.29) is 17.0 Å². The molecule has 0 amide bonds. The lowest BCUT2D eigenvalue weighted by Gasteiger charge is -2.18. The van der Waals surface area contributed by atoms with Crippen LogP contribution in [-0.4, -0.2) is 25.3 Å². The molecule has 1 aromatic carbocycles. The lowest BCUT2D eigenvalue weighted by molar-refractivity contribution is -0.169. The molecule has 6 nitrogen and oxygen atoms in total. The Morgan fingerprint density at radius 3 is 2.50 bits per heavy atom. The number of imidazole rings is 1. The molecule has 1 atom stereocenters. The number of hydrogen-bond acceptors (Lipinski definition) is 4. The first-order valence-electron chi connectivity index (χ1n) is 7.72. The van der Waals surface area contributed by atoms with Crippen LogP contribution in [0.25, 0.3) is 16.9 Å². The molecule has 0 fully saturated rings. The highest BCUT2D eigenvalue weighted by Gasteiger charge is 2.37. The molecule has 0 N–H and O–H groups in total. The van der Waals surface area contributed by atoms with Crippen LogP contribution < -0.4 is 5.56 Å². The number of aromatic nitrogens is 4. The lowest BCUT2D eigenvalue weighted by Crippen LogP contribution is -2.29. The zero-order valence-corrected chi connectivity index (χ0v) is 13.9. The Morgan fingerprint density at radius 1 is 1.27 bits per heavy atom. The van der Waals surface area contributed by atoms with Crippen molar-refractivity contribution in [3.8, 4) is 11.8 Å². The van der Waals surface area contributed by atoms with Gasteiger partial charge in [0, 0.05) is 13.5 Å². The first kappa shape index (κ1) is 17.7. The van der Waals surface area contributed by atoms with Crippen LogP contribution in [0, 0.1) is 17.2 Å². The second-order valence-electron chi connectivity index (χ2n) is 6.00. The summed E-state index contributed by atoms with van der Waals surface area (Å²) in [5.74, 6) is -1.69. The van der Waals surface area contributed by atoms with Gasteiger partial charge < -0.3 is 4.57 Å². The molecule has 0 bridgehead atoms. The van der Waals surface area contributed by atoms with Gasteiger partial charge in [0.25, 0.3) is 5.56 Å². The third-order valence-electron chi connectivity index (χ3n) is 4.11. The number of hydrogen-bond donors (Lipinski definition) is 0. The van der Waals surface area contributed by atoms with Crippen molar-refractivity contribution in [2.45, 2.75) is 19.5 Å². The fourth-order valence-electron chi connectivity index (χ4n) is 2.58. The van der Waals surface area contributed by atoms with Gasteiger partial charge in [0.1, 0.15) is 5.82 Å². The zero-order valence-electron chi connectivity index (χ0n) is 13.9. The smallest absolute Gasteiger partial charge is 0.318 e. The van der Waals surface area contributed by atoms with Crippen molar-refractivity contribution in [2.24, 2.45) is 13.0 Å². The molecule has 0 saturated heterocycles. The molecule has 0 aliphatic heterocycles. The first-order valence-corrected chi connectivity index (χ1v) is 7.72. The highest BCUT2D eigenvalue weighted by atomic mass is 19.4. The monoisotopic (exact) mass is 361 g/mol. The second-order valence-corrected chi connectivity index (χ2v) is 6.00. The molecule has 0 aliphatic rings. The second kappa shape index (κ2) is 6.29. The maximum Gasteiger partial charge on any atom is 0.391 e. The number of alkyl halides is 3. The minimum absolute atomic E-state index is 0.0133. The zero-order chi connectivity index (χ0) is 19.1. The van der Waals surface area contributed by atoms with Crippen molar-refractivity contribution in [1.82, 2.24) is 19.1 Å². The number of rotatable bonds is 3. The van der Waals surface area contributed by atoms with Crippen LogP contribution in [0.5, 0.6) is 0 Å². The van der Waals surface area contributed by atoms with Crippen LogP contribution in [0.1, 0.15) is 18.3 Å². The van der Waals surface area contributed by atoms with E-state index in [0.717, 1.165) is 11.5 Å². The Bertz CT molecular complexity index is 1060. The van der Waals surface area contributed by atoms with E-state index in [1.807, 2.05) is 6.07 Å². The average Bonchev–Trinajstić information content (AvgIpc) is 2.96. The minimum atomic E-state index is -4.41. The summed E-state index contributed by atoms with van der Waals surface area (Å²) in [4.78, 5) is 21.1. The van der Waals surface area contributed by atoms with Crippen LogP contribution >= 0.6 is 0 Å². The molecule has 3 aromatic rings. The normalized spacial score (nSPS) is 12.9. The van der Waals surface area contributed by atoms with Crippen LogP contribution in [0.15, 0.2) is 35.4 Å². The van der Waals surface area contributed by atoms with Crippen LogP contribution in [-0.2, 0) is 13.5 Å². The summed E-state index contributed by atoms with van der Waals surface area (Å²) >= 11 is 0. The lowest BCUT2D eigenvalue weighted by atomic mass is 10.1. The van der Waals surface area contributed by atoms with Gasteiger partial charge in [0.2, 0.25) is 0 Å². The van der Waals surface area contributed by atoms with Gasteiger partial charge in [-0.05, 0) is 24.3 Å². The highest BCUT2D eigenvalue weighted by Crippen LogP contribution is 2.28. The molecule has 26 heavy (non-hydrogen) atoms. The Morgan fingerprint density at radius 2 is 1.92 bits per heavy atom. The van der Waals surface area contributed by atoms with Crippen molar-refractivity contribution in [3.63, 3.8) is 0 Å². The minimum Gasteiger partial charge on any atom is -0.318 e. The fraction of sp³-hybridized carbons (Fsp3) is 0.294. The van der Waals surface area contributed by atoms with Crippen LogP contribution in [0.3, 0.4) is 0 Å². The van der Waals surface area contributed by atoms with E-state index in [1.165, 1.54) is 35.2 Å². The van der Waals surface area contributed by atoms with Gasteiger partial charge in [0.15, 0.2) is 11.2 Å². The summed E-state index contributed by atoms with van der Waals surface area (Å²) in [6.45, 7) is 1.04. The largest absolute Gasteiger partial charge is 0.391 e. The molecule has 2 heterocycles. The third kappa shape index (κ3) is 3.06. The number of nitriles is 1. The van der Waals surface area contributed by atoms with Crippen molar-refractivity contribution in [2.75, 3.05) is 0 Å². The van der Waals surface area contributed by atoms with Crippen LogP contribution in [0.2, 0.25) is 0 Å². The van der Waals surface area contributed by atoms with E-state index >= 15 is 0 Å². The summed E-state index contributed by atoms with van der Waals surface area (Å²) in [5.41, 5.74) is 0.450. The number of halogens is 3. The summed E-state index contributed by atoms with van der Waals surface area (Å²) in [6, 6.07) is 7.92. The van der Waals surface area contributed by atoms with Gasteiger partial charge in [-0.3, -0.25) is 9.36 Å². The molecule has 0 saturated carbocycles. The third-order valence-corrected chi connectivity index (χ3v) is 4.11. The molecular formula is C17H14F3N5O. The van der Waals surface area contributed by atoms with E-state index in [0.29, 0.717) is 11.3 Å². The molecule has 134 valence electrons. The maximum absolute atomic E-state index is 13.0. The summed E-state index contributed by atoms with van der Waals surface area (Å²) in [5, 5.41) is 8.89. The molecule has 0 aliphatic carbocycles. The van der Waals surface area contributed by atoms with Crippen molar-refractivity contribution in [1.29, 1.82) is 5.26 Å². The molecule has 9 heteroatoms. The van der Waals surface area contributed by atoms with E-state index < -0.39 is 24.1 Å². The van der Waals surface area contributed by atoms with Crippen LogP contribution in [0.4, 0.5) is 13.2 Å². The molecule has 3 rings (SSSR count). The van der Waals surface area contributed by atoms with Gasteiger partial charge in [-0.15, -0.1) is 0 Å². The van der Waals surface area contributed by atoms with Gasteiger partial charge >= 0.3 is 6.18 Å². The topological polar surface area (TPSA) is 76.5 Å². The predicted octanol–water partition coefficient (Wildman–Crippen LogP) is 2.73. The molecule has 0 radical (unpaired) electrons. The van der Waals surface area contributed by atoms with Gasteiger partial charge in [0.05, 0.1) is 29.6 Å². The number of aryl methyl sites for hydroxylation is 1. The summed E-state index contributed by atoms with van der Waals surface area (Å²) < 4.78 is 41.7. The molecule has 2 aromatic heterocycles. The average molecular weight is 361 g/mol. The Labute approximate surface area is 146 Å². The SMILES string of the molecule is CC(Cc1nc2c(ncn2C)c(=O)n1-c1ccc(C#N)cc1)C(F)(F)F. The van der Waals surface area contributed by atoms with E-state index in [9.17, 15) is 18.0 Å². The molecule has 1 unspecified atom stereocenters. The van der Waals surface area contributed by atoms with Crippen molar-refractivity contribution in [3.05, 3.63) is 52.3 Å². The predicted molar refractivity (Wildman–Crippen MR) is 87.7 cm³/mol. The van der Waals surface area contributed by atoms with E-state index in [4.69, 9.17) is 5.26 Å². The van der Waals surface area contributed by atoms with Crippen molar-refractivity contribution < 1.29 is 13.2 Å². The molecule has 0 spiro atoms. The Kier molecular flexibility index (Phi) is 4.28. The van der Waals surface area contributed by atoms with Gasteiger partial charge in [-0.1, -0.05) is 6.92 Å². The van der Waals surface area contributed by atoms with E-state index in [2.05, 4.69) is 9.97 Å². The van der Waals surface area contributed by atoms with Gasteiger partial charge in [-0.25, -0.2) is 9.97 Å². The standard InChI is InChI=1S/C17H14F3N5O/c1-10(17(18,19)20)7-13-23-15-14(22-9-24(15)2)16(26)25(13)12-5-3-11(8-21)4-6-12/h3-6,9-10H,7H2,1-2H3. The highest BCUT2D eigenvalue weighted by molar-refractivity contribution is 5.70. The fourth-order valence-corrected chi connectivity index (χ4v) is 2.58. The van der Waals surface area contributed by atoms with Crippen molar-refractivity contribution >= 4 is 11.2 Å². The number of benzene rings is 1. The first-order chi connectivity index (χ1) is 12.2. The maximum atomic E-state index is 13.0. The number of fused-ring (bicyclic) bond motifs is 1. The quantitative estimate of drug-likeness (QED) is 0.719. The Hall–Kier alpha value is -3.15. The summed E-state index contributed by atoms with van der Waals surface area (Å²) in [7, 11) is 1.62. The summed E-state index contributed by atoms with van der Waals surface area (Å²) in [6.07, 6.45) is -3.48. The number of nitrogens with zero attached hydrogens (tertiary/aromatic N) is 5. The Balaban J connectivity index is 2.24. The van der Waals surface area contributed by atoms with E-state index in [1.54, 1.807) is 7.05 Å².